The summed E-state index contributed by atoms with van der Waals surface area (Å²) in [5.74, 6) is -1.85. The van der Waals surface area contributed by atoms with Crippen LogP contribution in [0.5, 0.6) is 0 Å². The zero-order valence-corrected chi connectivity index (χ0v) is 11.6. The average molecular weight is 303 g/mol. The number of carboxylic acids is 1. The number of carboxylic acid groups (broad SMARTS) is 1. The number of benzene rings is 2. The largest absolute Gasteiger partial charge is 0.488 e. The molecule has 0 unspecified atom stereocenters. The van der Waals surface area contributed by atoms with Crippen LogP contribution in [0.3, 0.4) is 0 Å². The van der Waals surface area contributed by atoms with E-state index in [2.05, 4.69) is 5.32 Å². The SMILES string of the molecule is O=C(O)[C@H](Cc1ccccc1)Nc1ccc(B(O)O)cc1F. The maximum atomic E-state index is 13.9. The van der Waals surface area contributed by atoms with Crippen molar-refractivity contribution in [3.8, 4) is 0 Å². The van der Waals surface area contributed by atoms with Gasteiger partial charge < -0.3 is 20.5 Å². The molecule has 0 aliphatic heterocycles. The van der Waals surface area contributed by atoms with E-state index in [1.54, 1.807) is 24.3 Å². The Morgan fingerprint density at radius 2 is 1.86 bits per heavy atom. The maximum absolute atomic E-state index is 13.9. The third-order valence-corrected chi connectivity index (χ3v) is 3.20. The molecule has 0 amide bonds. The first-order valence-electron chi connectivity index (χ1n) is 6.66. The second-order valence-corrected chi connectivity index (χ2v) is 4.84. The van der Waals surface area contributed by atoms with Gasteiger partial charge in [-0.15, -0.1) is 0 Å². The van der Waals surface area contributed by atoms with E-state index in [1.807, 2.05) is 6.07 Å². The van der Waals surface area contributed by atoms with E-state index in [0.29, 0.717) is 0 Å². The molecule has 5 nitrogen and oxygen atoms in total. The minimum atomic E-state index is -1.77. The third-order valence-electron chi connectivity index (χ3n) is 3.20. The Morgan fingerprint density at radius 3 is 2.41 bits per heavy atom. The Balaban J connectivity index is 2.16. The summed E-state index contributed by atoms with van der Waals surface area (Å²) in [6.07, 6.45) is 0.194. The lowest BCUT2D eigenvalue weighted by Crippen LogP contribution is -2.33. The highest BCUT2D eigenvalue weighted by atomic mass is 19.1. The quantitative estimate of drug-likeness (QED) is 0.587. The normalized spacial score (nSPS) is 11.8. The van der Waals surface area contributed by atoms with Gasteiger partial charge in [-0.25, -0.2) is 9.18 Å². The van der Waals surface area contributed by atoms with Crippen LogP contribution in [0.25, 0.3) is 0 Å². The summed E-state index contributed by atoms with van der Waals surface area (Å²) in [5.41, 5.74) is 0.802. The van der Waals surface area contributed by atoms with E-state index >= 15 is 0 Å². The standard InChI is InChI=1S/C15H15BFNO4/c17-12-9-11(16(21)22)6-7-13(12)18-14(15(19)20)8-10-4-2-1-3-5-10/h1-7,9,14,18,21-22H,8H2,(H,19,20)/t14-/m0/s1. The summed E-state index contributed by atoms with van der Waals surface area (Å²) < 4.78 is 13.9. The third kappa shape index (κ3) is 4.06. The molecule has 1 atom stereocenters. The molecule has 0 bridgehead atoms. The van der Waals surface area contributed by atoms with Gasteiger partial charge in [-0.2, -0.15) is 0 Å². The molecule has 0 aliphatic rings. The van der Waals surface area contributed by atoms with E-state index in [1.165, 1.54) is 12.1 Å². The summed E-state index contributed by atoms with van der Waals surface area (Å²) in [7, 11) is -1.77. The van der Waals surface area contributed by atoms with Crippen molar-refractivity contribution in [3.05, 3.63) is 59.9 Å². The zero-order chi connectivity index (χ0) is 16.1. The van der Waals surface area contributed by atoms with Crippen molar-refractivity contribution in [1.29, 1.82) is 0 Å². The highest BCUT2D eigenvalue weighted by molar-refractivity contribution is 6.58. The Bertz CT molecular complexity index is 651. The van der Waals surface area contributed by atoms with Gasteiger partial charge in [0.25, 0.3) is 0 Å². The number of hydrogen-bond donors (Lipinski definition) is 4. The van der Waals surface area contributed by atoms with Crippen LogP contribution < -0.4 is 10.8 Å². The van der Waals surface area contributed by atoms with E-state index in [4.69, 9.17) is 10.0 Å². The van der Waals surface area contributed by atoms with Gasteiger partial charge in [0.15, 0.2) is 0 Å². The molecule has 114 valence electrons. The molecule has 0 spiro atoms. The second kappa shape index (κ2) is 7.06. The molecule has 2 aromatic rings. The van der Waals surface area contributed by atoms with E-state index in [-0.39, 0.29) is 17.6 Å². The molecule has 0 aliphatic carbocycles. The van der Waals surface area contributed by atoms with Gasteiger partial charge >= 0.3 is 13.1 Å². The van der Waals surface area contributed by atoms with E-state index < -0.39 is 24.9 Å². The van der Waals surface area contributed by atoms with Crippen LogP contribution in [0.1, 0.15) is 5.56 Å². The number of halogens is 1. The highest BCUT2D eigenvalue weighted by Crippen LogP contribution is 2.15. The highest BCUT2D eigenvalue weighted by Gasteiger charge is 2.20. The van der Waals surface area contributed by atoms with Crippen LogP contribution in [0, 0.1) is 5.82 Å². The van der Waals surface area contributed by atoms with Crippen molar-refractivity contribution >= 4 is 24.2 Å². The number of anilines is 1. The van der Waals surface area contributed by atoms with Crippen molar-refractivity contribution in [2.75, 3.05) is 5.32 Å². The van der Waals surface area contributed by atoms with Crippen LogP contribution in [0.4, 0.5) is 10.1 Å². The molecule has 0 radical (unpaired) electrons. The summed E-state index contributed by atoms with van der Waals surface area (Å²) in [6, 6.07) is 11.6. The fourth-order valence-electron chi connectivity index (χ4n) is 2.05. The van der Waals surface area contributed by atoms with Crippen LogP contribution >= 0.6 is 0 Å². The Labute approximate surface area is 127 Å². The van der Waals surface area contributed by atoms with E-state index in [0.717, 1.165) is 11.6 Å². The molecule has 22 heavy (non-hydrogen) atoms. The summed E-state index contributed by atoms with van der Waals surface area (Å²) in [4.78, 5) is 11.3. The second-order valence-electron chi connectivity index (χ2n) is 4.84. The van der Waals surface area contributed by atoms with Crippen molar-refractivity contribution in [2.45, 2.75) is 12.5 Å². The van der Waals surface area contributed by atoms with Crippen LogP contribution in [-0.2, 0) is 11.2 Å². The van der Waals surface area contributed by atoms with Crippen LogP contribution in [0.2, 0.25) is 0 Å². The molecule has 2 rings (SSSR count). The van der Waals surface area contributed by atoms with Gasteiger partial charge in [0.05, 0.1) is 5.69 Å². The first-order valence-corrected chi connectivity index (χ1v) is 6.66. The van der Waals surface area contributed by atoms with Crippen molar-refractivity contribution in [1.82, 2.24) is 0 Å². The minimum absolute atomic E-state index is 0.00187. The monoisotopic (exact) mass is 303 g/mol. The Morgan fingerprint density at radius 1 is 1.18 bits per heavy atom. The molecule has 7 heteroatoms. The zero-order valence-electron chi connectivity index (χ0n) is 11.6. The number of nitrogens with one attached hydrogen (secondary N) is 1. The number of carbonyl (C=O) groups is 1. The van der Waals surface area contributed by atoms with Crippen molar-refractivity contribution in [3.63, 3.8) is 0 Å². The smallest absolute Gasteiger partial charge is 0.480 e. The first kappa shape index (κ1) is 16.0. The van der Waals surface area contributed by atoms with Gasteiger partial charge in [0.2, 0.25) is 0 Å². The lowest BCUT2D eigenvalue weighted by molar-refractivity contribution is -0.137. The minimum Gasteiger partial charge on any atom is -0.480 e. The summed E-state index contributed by atoms with van der Waals surface area (Å²) >= 11 is 0. The molecule has 2 aromatic carbocycles. The van der Waals surface area contributed by atoms with E-state index in [9.17, 15) is 14.3 Å². The number of rotatable bonds is 6. The first-order chi connectivity index (χ1) is 10.5. The maximum Gasteiger partial charge on any atom is 0.488 e. The lowest BCUT2D eigenvalue weighted by atomic mass is 9.80. The molecule has 0 fully saturated rings. The van der Waals surface area contributed by atoms with Crippen molar-refractivity contribution < 1.29 is 24.3 Å². The average Bonchev–Trinajstić information content (AvgIpc) is 2.49. The predicted molar refractivity (Wildman–Crippen MR) is 81.4 cm³/mol. The fraction of sp³-hybridized carbons (Fsp3) is 0.133. The van der Waals surface area contributed by atoms with Gasteiger partial charge in [-0.1, -0.05) is 36.4 Å². The molecule has 0 saturated heterocycles. The molecule has 4 N–H and O–H groups in total. The Hall–Kier alpha value is -2.38. The Kier molecular flexibility index (Phi) is 5.14. The van der Waals surface area contributed by atoms with Gasteiger partial charge in [0.1, 0.15) is 11.9 Å². The molecule has 0 heterocycles. The number of hydrogen-bond acceptors (Lipinski definition) is 4. The fourth-order valence-corrected chi connectivity index (χ4v) is 2.05. The molecular formula is C15H15BFNO4. The van der Waals surface area contributed by atoms with Gasteiger partial charge in [0, 0.05) is 6.42 Å². The molecule has 0 saturated carbocycles. The summed E-state index contributed by atoms with van der Waals surface area (Å²) in [6.45, 7) is 0. The molecule has 0 aromatic heterocycles. The number of aliphatic carboxylic acids is 1. The summed E-state index contributed by atoms with van der Waals surface area (Å²) in [5, 5.41) is 29.8. The van der Waals surface area contributed by atoms with Gasteiger partial charge in [-0.05, 0) is 23.2 Å². The van der Waals surface area contributed by atoms with Gasteiger partial charge in [-0.3, -0.25) is 0 Å². The topological polar surface area (TPSA) is 89.8 Å². The van der Waals surface area contributed by atoms with Crippen LogP contribution in [0.15, 0.2) is 48.5 Å². The van der Waals surface area contributed by atoms with Crippen LogP contribution in [-0.4, -0.2) is 34.3 Å². The lowest BCUT2D eigenvalue weighted by Gasteiger charge is -2.17. The predicted octanol–water partition coefficient (Wildman–Crippen LogP) is 0.613. The van der Waals surface area contributed by atoms with Crippen molar-refractivity contribution in [2.24, 2.45) is 0 Å². The molecular weight excluding hydrogens is 288 g/mol.